The van der Waals surface area contributed by atoms with Crippen LogP contribution >= 0.6 is 27.3 Å². The van der Waals surface area contributed by atoms with E-state index in [1.54, 1.807) is 11.3 Å². The van der Waals surface area contributed by atoms with E-state index >= 15 is 0 Å². The van der Waals surface area contributed by atoms with Gasteiger partial charge in [-0.2, -0.15) is 0 Å². The van der Waals surface area contributed by atoms with Crippen LogP contribution in [-0.4, -0.2) is 9.97 Å². The lowest BCUT2D eigenvalue weighted by atomic mass is 10.0. The molecule has 1 N–H and O–H groups in total. The molecule has 20 heavy (non-hydrogen) atoms. The summed E-state index contributed by atoms with van der Waals surface area (Å²) < 4.78 is 0.826. The predicted molar refractivity (Wildman–Crippen MR) is 89.3 cm³/mol. The average molecular weight is 354 g/mol. The maximum absolute atomic E-state index is 4.62. The van der Waals surface area contributed by atoms with Crippen molar-refractivity contribution >= 4 is 33.1 Å². The molecule has 5 heteroatoms. The molecule has 0 amide bonds. The van der Waals surface area contributed by atoms with Gasteiger partial charge in [-0.3, -0.25) is 0 Å². The van der Waals surface area contributed by atoms with E-state index in [1.165, 1.54) is 4.88 Å². The first-order chi connectivity index (χ1) is 9.47. The Hall–Kier alpha value is -0.940. The summed E-state index contributed by atoms with van der Waals surface area (Å²) >= 11 is 5.24. The van der Waals surface area contributed by atoms with Crippen LogP contribution in [0.15, 0.2) is 28.2 Å². The van der Waals surface area contributed by atoms with Crippen molar-refractivity contribution in [3.8, 4) is 0 Å². The van der Waals surface area contributed by atoms with E-state index < -0.39 is 0 Å². The third-order valence-electron chi connectivity index (χ3n) is 3.05. The number of aromatic nitrogens is 2. The SMILES string of the molecule is CC(C)c1nc(Br)cc(NC(c2cccs2)C(C)C)n1. The van der Waals surface area contributed by atoms with Crippen LogP contribution in [0.2, 0.25) is 0 Å². The number of nitrogens with zero attached hydrogens (tertiary/aromatic N) is 2. The van der Waals surface area contributed by atoms with Gasteiger partial charge in [-0.25, -0.2) is 9.97 Å². The molecule has 0 spiro atoms. The topological polar surface area (TPSA) is 37.8 Å². The number of hydrogen-bond donors (Lipinski definition) is 1. The quantitative estimate of drug-likeness (QED) is 0.747. The third-order valence-corrected chi connectivity index (χ3v) is 4.41. The Morgan fingerprint density at radius 3 is 2.50 bits per heavy atom. The van der Waals surface area contributed by atoms with Crippen LogP contribution in [0.3, 0.4) is 0 Å². The van der Waals surface area contributed by atoms with Crippen LogP contribution in [-0.2, 0) is 0 Å². The van der Waals surface area contributed by atoms with Crippen LogP contribution in [0.5, 0.6) is 0 Å². The van der Waals surface area contributed by atoms with E-state index in [9.17, 15) is 0 Å². The second kappa shape index (κ2) is 6.68. The van der Waals surface area contributed by atoms with Crippen molar-refractivity contribution < 1.29 is 0 Å². The maximum Gasteiger partial charge on any atom is 0.134 e. The summed E-state index contributed by atoms with van der Waals surface area (Å²) in [7, 11) is 0. The molecule has 2 aromatic heterocycles. The number of thiophene rings is 1. The smallest absolute Gasteiger partial charge is 0.134 e. The molecule has 0 fully saturated rings. The first-order valence-corrected chi connectivity index (χ1v) is 8.49. The summed E-state index contributed by atoms with van der Waals surface area (Å²) in [6, 6.07) is 6.47. The molecule has 108 valence electrons. The maximum atomic E-state index is 4.62. The van der Waals surface area contributed by atoms with E-state index in [0.717, 1.165) is 16.2 Å². The normalized spacial score (nSPS) is 12.9. The molecule has 2 heterocycles. The Kier molecular flexibility index (Phi) is 5.16. The van der Waals surface area contributed by atoms with Crippen molar-refractivity contribution in [2.24, 2.45) is 5.92 Å². The van der Waals surface area contributed by atoms with Crippen molar-refractivity contribution in [1.82, 2.24) is 9.97 Å². The van der Waals surface area contributed by atoms with Crippen molar-refractivity contribution in [3.05, 3.63) is 38.9 Å². The Bertz CT molecular complexity index is 552. The minimum absolute atomic E-state index is 0.275. The van der Waals surface area contributed by atoms with Crippen molar-refractivity contribution in [3.63, 3.8) is 0 Å². The van der Waals surface area contributed by atoms with Gasteiger partial charge in [0.1, 0.15) is 16.2 Å². The fraction of sp³-hybridized carbons (Fsp3) is 0.467. The highest BCUT2D eigenvalue weighted by atomic mass is 79.9. The second-order valence-electron chi connectivity index (χ2n) is 5.47. The molecule has 0 radical (unpaired) electrons. The zero-order valence-electron chi connectivity index (χ0n) is 12.2. The summed E-state index contributed by atoms with van der Waals surface area (Å²) in [5.74, 6) is 2.54. The highest BCUT2D eigenvalue weighted by Crippen LogP contribution is 2.30. The van der Waals surface area contributed by atoms with Gasteiger partial charge in [-0.1, -0.05) is 33.8 Å². The fourth-order valence-corrected chi connectivity index (χ4v) is 3.31. The summed E-state index contributed by atoms with van der Waals surface area (Å²) in [6.45, 7) is 8.64. The van der Waals surface area contributed by atoms with Crippen LogP contribution in [0, 0.1) is 5.92 Å². The van der Waals surface area contributed by atoms with E-state index in [2.05, 4.69) is 76.4 Å². The molecule has 0 aliphatic carbocycles. The lowest BCUT2D eigenvalue weighted by Gasteiger charge is -2.22. The van der Waals surface area contributed by atoms with Gasteiger partial charge in [0.15, 0.2) is 0 Å². The van der Waals surface area contributed by atoms with Crippen molar-refractivity contribution in [2.45, 2.75) is 39.7 Å². The number of anilines is 1. The summed E-state index contributed by atoms with van der Waals surface area (Å²) in [4.78, 5) is 10.4. The van der Waals surface area contributed by atoms with Crippen molar-refractivity contribution in [1.29, 1.82) is 0 Å². The number of hydrogen-bond acceptors (Lipinski definition) is 4. The van der Waals surface area contributed by atoms with E-state index in [0.29, 0.717) is 11.8 Å². The Morgan fingerprint density at radius 2 is 1.95 bits per heavy atom. The Labute approximate surface area is 133 Å². The molecule has 2 rings (SSSR count). The predicted octanol–water partition coefficient (Wildman–Crippen LogP) is 5.23. The molecule has 1 atom stereocenters. The van der Waals surface area contributed by atoms with Gasteiger partial charge >= 0.3 is 0 Å². The minimum Gasteiger partial charge on any atom is -0.362 e. The van der Waals surface area contributed by atoms with Gasteiger partial charge in [-0.05, 0) is 33.3 Å². The van der Waals surface area contributed by atoms with Crippen LogP contribution in [0.4, 0.5) is 5.82 Å². The first kappa shape index (κ1) is 15.4. The third kappa shape index (κ3) is 3.79. The van der Waals surface area contributed by atoms with Crippen LogP contribution in [0.25, 0.3) is 0 Å². The van der Waals surface area contributed by atoms with E-state index in [1.807, 2.05) is 6.07 Å². The molecule has 0 aliphatic rings. The lowest BCUT2D eigenvalue weighted by Crippen LogP contribution is -2.17. The zero-order chi connectivity index (χ0) is 14.7. The van der Waals surface area contributed by atoms with Gasteiger partial charge in [0.05, 0.1) is 6.04 Å². The monoisotopic (exact) mass is 353 g/mol. The molecular formula is C15H20BrN3S. The summed E-state index contributed by atoms with van der Waals surface area (Å²) in [5, 5.41) is 5.66. The molecule has 1 unspecified atom stereocenters. The van der Waals surface area contributed by atoms with Gasteiger partial charge < -0.3 is 5.32 Å². The summed E-state index contributed by atoms with van der Waals surface area (Å²) in [5.41, 5.74) is 0. The zero-order valence-corrected chi connectivity index (χ0v) is 14.6. The molecule has 0 saturated heterocycles. The second-order valence-corrected chi connectivity index (χ2v) is 7.26. The van der Waals surface area contributed by atoms with Gasteiger partial charge in [0, 0.05) is 16.9 Å². The molecule has 0 bridgehead atoms. The van der Waals surface area contributed by atoms with Crippen LogP contribution in [0.1, 0.15) is 50.4 Å². The Morgan fingerprint density at radius 1 is 1.20 bits per heavy atom. The average Bonchev–Trinajstić information content (AvgIpc) is 2.88. The first-order valence-electron chi connectivity index (χ1n) is 6.81. The number of halogens is 1. The van der Waals surface area contributed by atoms with Gasteiger partial charge in [0.2, 0.25) is 0 Å². The van der Waals surface area contributed by atoms with E-state index in [4.69, 9.17) is 0 Å². The molecule has 3 nitrogen and oxygen atoms in total. The molecular weight excluding hydrogens is 334 g/mol. The highest BCUT2D eigenvalue weighted by Gasteiger charge is 2.18. The number of rotatable bonds is 5. The van der Waals surface area contributed by atoms with Gasteiger partial charge in [-0.15, -0.1) is 11.3 Å². The Balaban J connectivity index is 2.27. The fourth-order valence-electron chi connectivity index (χ4n) is 1.96. The standard InChI is InChI=1S/C15H20BrN3S/c1-9(2)14(11-6-5-7-20-11)18-13-8-12(16)17-15(19-13)10(3)4/h5-10,14H,1-4H3,(H,17,18,19). The largest absolute Gasteiger partial charge is 0.362 e. The van der Waals surface area contributed by atoms with Gasteiger partial charge in [0.25, 0.3) is 0 Å². The highest BCUT2D eigenvalue weighted by molar-refractivity contribution is 9.10. The van der Waals surface area contributed by atoms with Crippen molar-refractivity contribution in [2.75, 3.05) is 5.32 Å². The summed E-state index contributed by atoms with van der Waals surface area (Å²) in [6.07, 6.45) is 0. The minimum atomic E-state index is 0.275. The molecule has 0 aromatic carbocycles. The van der Waals surface area contributed by atoms with Crippen LogP contribution < -0.4 is 5.32 Å². The molecule has 0 aliphatic heterocycles. The van der Waals surface area contributed by atoms with E-state index in [-0.39, 0.29) is 6.04 Å². The molecule has 2 aromatic rings. The number of nitrogens with one attached hydrogen (secondary N) is 1. The lowest BCUT2D eigenvalue weighted by molar-refractivity contribution is 0.551. The molecule has 0 saturated carbocycles.